The van der Waals surface area contributed by atoms with Gasteiger partial charge in [0.05, 0.1) is 6.61 Å². The third-order valence-corrected chi connectivity index (χ3v) is 3.27. The van der Waals surface area contributed by atoms with Gasteiger partial charge in [0, 0.05) is 17.5 Å². The van der Waals surface area contributed by atoms with Gasteiger partial charge < -0.3 is 10.1 Å². The van der Waals surface area contributed by atoms with Crippen LogP contribution in [0.2, 0.25) is 5.02 Å². The standard InChI is InChI=1S/C13H14ClNO3/c1-2-18-13(17)11-10(7-15-12(11)16)8-3-5-9(14)6-4-8/h3-6,10-11H,2,7H2,1H3,(H,15,16)/t10-,11-/m0/s1. The quantitative estimate of drug-likeness (QED) is 0.670. The second-order valence-corrected chi connectivity index (χ2v) is 4.57. The van der Waals surface area contributed by atoms with Gasteiger partial charge in [0.2, 0.25) is 5.91 Å². The molecule has 0 spiro atoms. The molecule has 1 aliphatic rings. The van der Waals surface area contributed by atoms with Crippen LogP contribution in [0, 0.1) is 5.92 Å². The summed E-state index contributed by atoms with van der Waals surface area (Å²) in [5.74, 6) is -1.68. The Morgan fingerprint density at radius 2 is 2.11 bits per heavy atom. The van der Waals surface area contributed by atoms with Gasteiger partial charge >= 0.3 is 5.97 Å². The first-order chi connectivity index (χ1) is 8.63. The molecule has 0 unspecified atom stereocenters. The van der Waals surface area contributed by atoms with Gasteiger partial charge in [0.15, 0.2) is 0 Å². The van der Waals surface area contributed by atoms with E-state index in [-0.39, 0.29) is 18.4 Å². The van der Waals surface area contributed by atoms with E-state index in [1.165, 1.54) is 0 Å². The molecule has 1 aromatic carbocycles. The first kappa shape index (κ1) is 12.9. The number of carbonyl (C=O) groups excluding carboxylic acids is 2. The van der Waals surface area contributed by atoms with Crippen LogP contribution in [0.25, 0.3) is 0 Å². The highest BCUT2D eigenvalue weighted by Crippen LogP contribution is 2.30. The number of halogens is 1. The Hall–Kier alpha value is -1.55. The van der Waals surface area contributed by atoms with E-state index in [9.17, 15) is 9.59 Å². The topological polar surface area (TPSA) is 55.4 Å². The summed E-state index contributed by atoms with van der Waals surface area (Å²) in [4.78, 5) is 23.5. The number of benzene rings is 1. The van der Waals surface area contributed by atoms with Gasteiger partial charge in [0.25, 0.3) is 0 Å². The normalized spacial score (nSPS) is 22.7. The molecule has 0 saturated carbocycles. The van der Waals surface area contributed by atoms with Crippen molar-refractivity contribution in [2.45, 2.75) is 12.8 Å². The molecule has 1 N–H and O–H groups in total. The van der Waals surface area contributed by atoms with E-state index >= 15 is 0 Å². The first-order valence-electron chi connectivity index (χ1n) is 5.83. The molecule has 1 heterocycles. The zero-order valence-corrected chi connectivity index (χ0v) is 10.7. The van der Waals surface area contributed by atoms with Crippen molar-refractivity contribution in [1.82, 2.24) is 5.32 Å². The summed E-state index contributed by atoms with van der Waals surface area (Å²) in [6.07, 6.45) is 0. The molecule has 2 atom stereocenters. The summed E-state index contributed by atoms with van der Waals surface area (Å²) in [5.41, 5.74) is 0.913. The van der Waals surface area contributed by atoms with E-state index in [2.05, 4.69) is 5.32 Å². The van der Waals surface area contributed by atoms with E-state index in [0.29, 0.717) is 11.6 Å². The average Bonchev–Trinajstić information content (AvgIpc) is 2.72. The van der Waals surface area contributed by atoms with E-state index < -0.39 is 11.9 Å². The van der Waals surface area contributed by atoms with Crippen LogP contribution in [0.4, 0.5) is 0 Å². The third-order valence-electron chi connectivity index (χ3n) is 3.02. The molecule has 1 saturated heterocycles. The van der Waals surface area contributed by atoms with Crippen molar-refractivity contribution in [2.24, 2.45) is 5.92 Å². The molecule has 0 aliphatic carbocycles. The van der Waals surface area contributed by atoms with Crippen LogP contribution in [-0.4, -0.2) is 25.0 Å². The Bertz CT molecular complexity index is 458. The van der Waals surface area contributed by atoms with Gasteiger partial charge in [0.1, 0.15) is 5.92 Å². The fourth-order valence-electron chi connectivity index (χ4n) is 2.14. The zero-order chi connectivity index (χ0) is 13.1. The molecule has 96 valence electrons. The van der Waals surface area contributed by atoms with Crippen LogP contribution < -0.4 is 5.32 Å². The largest absolute Gasteiger partial charge is 0.465 e. The molecule has 1 aliphatic heterocycles. The van der Waals surface area contributed by atoms with E-state index in [1.54, 1.807) is 19.1 Å². The second-order valence-electron chi connectivity index (χ2n) is 4.13. The Labute approximate surface area is 110 Å². The van der Waals surface area contributed by atoms with Crippen LogP contribution >= 0.6 is 11.6 Å². The highest BCUT2D eigenvalue weighted by molar-refractivity contribution is 6.30. The number of ether oxygens (including phenoxy) is 1. The number of hydrogen-bond acceptors (Lipinski definition) is 3. The van der Waals surface area contributed by atoms with Gasteiger partial charge in [-0.2, -0.15) is 0 Å². The van der Waals surface area contributed by atoms with Crippen molar-refractivity contribution in [3.05, 3.63) is 34.9 Å². The minimum absolute atomic E-state index is 0.186. The Morgan fingerprint density at radius 3 is 2.72 bits per heavy atom. The fourth-order valence-corrected chi connectivity index (χ4v) is 2.27. The Kier molecular flexibility index (Phi) is 3.87. The van der Waals surface area contributed by atoms with Crippen molar-refractivity contribution in [2.75, 3.05) is 13.2 Å². The summed E-state index contributed by atoms with van der Waals surface area (Å²) in [6.45, 7) is 2.45. The number of hydrogen-bond donors (Lipinski definition) is 1. The third kappa shape index (κ3) is 2.48. The van der Waals surface area contributed by atoms with Crippen molar-refractivity contribution in [3.8, 4) is 0 Å². The minimum Gasteiger partial charge on any atom is -0.465 e. The molecular weight excluding hydrogens is 254 g/mol. The Balaban J connectivity index is 2.23. The maximum absolute atomic E-state index is 11.8. The first-order valence-corrected chi connectivity index (χ1v) is 6.21. The maximum Gasteiger partial charge on any atom is 0.319 e. The number of nitrogens with one attached hydrogen (secondary N) is 1. The summed E-state index contributed by atoms with van der Waals surface area (Å²) < 4.78 is 4.95. The lowest BCUT2D eigenvalue weighted by Gasteiger charge is -2.15. The lowest BCUT2D eigenvalue weighted by atomic mass is 9.88. The monoisotopic (exact) mass is 267 g/mol. The van der Waals surface area contributed by atoms with E-state index in [1.807, 2.05) is 12.1 Å². The summed E-state index contributed by atoms with van der Waals surface area (Å²) in [6, 6.07) is 7.17. The highest BCUT2D eigenvalue weighted by Gasteiger charge is 2.41. The summed E-state index contributed by atoms with van der Waals surface area (Å²) >= 11 is 5.82. The molecule has 1 amide bonds. The summed E-state index contributed by atoms with van der Waals surface area (Å²) in [7, 11) is 0. The van der Waals surface area contributed by atoms with Crippen molar-refractivity contribution >= 4 is 23.5 Å². The van der Waals surface area contributed by atoms with Crippen LogP contribution in [0.5, 0.6) is 0 Å². The molecule has 0 aromatic heterocycles. The maximum atomic E-state index is 11.8. The van der Waals surface area contributed by atoms with Gasteiger partial charge in [-0.3, -0.25) is 9.59 Å². The molecule has 1 aromatic rings. The van der Waals surface area contributed by atoms with Crippen LogP contribution in [0.3, 0.4) is 0 Å². The SMILES string of the molecule is CCOC(=O)[C@@H]1C(=O)NC[C@H]1c1ccc(Cl)cc1. The average molecular weight is 268 g/mol. The molecule has 2 rings (SSSR count). The molecule has 0 bridgehead atoms. The number of esters is 1. The fraction of sp³-hybridized carbons (Fsp3) is 0.385. The molecule has 5 heteroatoms. The van der Waals surface area contributed by atoms with Gasteiger partial charge in [-0.25, -0.2) is 0 Å². The lowest BCUT2D eigenvalue weighted by molar-refractivity contribution is -0.151. The van der Waals surface area contributed by atoms with Crippen molar-refractivity contribution in [1.29, 1.82) is 0 Å². The minimum atomic E-state index is -0.758. The van der Waals surface area contributed by atoms with Crippen LogP contribution in [-0.2, 0) is 14.3 Å². The summed E-state index contributed by atoms with van der Waals surface area (Å²) in [5, 5.41) is 3.33. The molecule has 4 nitrogen and oxygen atoms in total. The molecule has 1 fully saturated rings. The van der Waals surface area contributed by atoms with Gasteiger partial charge in [-0.15, -0.1) is 0 Å². The smallest absolute Gasteiger partial charge is 0.319 e. The molecule has 18 heavy (non-hydrogen) atoms. The number of rotatable bonds is 3. The molecular formula is C13H14ClNO3. The number of amides is 1. The zero-order valence-electron chi connectivity index (χ0n) is 9.98. The van der Waals surface area contributed by atoms with Crippen LogP contribution in [0.1, 0.15) is 18.4 Å². The van der Waals surface area contributed by atoms with Gasteiger partial charge in [-0.1, -0.05) is 23.7 Å². The van der Waals surface area contributed by atoms with Crippen LogP contribution in [0.15, 0.2) is 24.3 Å². The predicted octanol–water partition coefficient (Wildman–Crippen LogP) is 1.73. The van der Waals surface area contributed by atoms with E-state index in [4.69, 9.17) is 16.3 Å². The predicted molar refractivity (Wildman–Crippen MR) is 67.3 cm³/mol. The van der Waals surface area contributed by atoms with Crippen molar-refractivity contribution < 1.29 is 14.3 Å². The number of carbonyl (C=O) groups is 2. The highest BCUT2D eigenvalue weighted by atomic mass is 35.5. The van der Waals surface area contributed by atoms with E-state index in [0.717, 1.165) is 5.56 Å². The van der Waals surface area contributed by atoms with Crippen molar-refractivity contribution in [3.63, 3.8) is 0 Å². The second kappa shape index (κ2) is 5.40. The molecule has 0 radical (unpaired) electrons. The lowest BCUT2D eigenvalue weighted by Crippen LogP contribution is -2.28. The Morgan fingerprint density at radius 1 is 1.44 bits per heavy atom. The van der Waals surface area contributed by atoms with Gasteiger partial charge in [-0.05, 0) is 24.6 Å².